The first-order valence-corrected chi connectivity index (χ1v) is 11.2. The van der Waals surface area contributed by atoms with Gasteiger partial charge in [0.1, 0.15) is 5.75 Å². The summed E-state index contributed by atoms with van der Waals surface area (Å²) in [6, 6.07) is 13.0. The van der Waals surface area contributed by atoms with E-state index in [4.69, 9.17) is 10.5 Å². The Morgan fingerprint density at radius 1 is 1.19 bits per heavy atom. The molecular weight excluding hydrogens is 382 g/mol. The Hall–Kier alpha value is -3.01. The maximum absolute atomic E-state index is 6.19. The van der Waals surface area contributed by atoms with Gasteiger partial charge >= 0.3 is 0 Å². The smallest absolute Gasteiger partial charge is 0.120 e. The number of aromatic nitrogens is 2. The van der Waals surface area contributed by atoms with Crippen LogP contribution in [0.2, 0.25) is 0 Å². The summed E-state index contributed by atoms with van der Waals surface area (Å²) in [7, 11) is 0. The van der Waals surface area contributed by atoms with Crippen LogP contribution in [0.25, 0.3) is 22.3 Å². The molecule has 1 aromatic heterocycles. The van der Waals surface area contributed by atoms with Crippen LogP contribution in [0.1, 0.15) is 51.7 Å². The van der Waals surface area contributed by atoms with Crippen LogP contribution >= 0.6 is 0 Å². The van der Waals surface area contributed by atoms with Crippen molar-refractivity contribution in [1.82, 2.24) is 9.78 Å². The van der Waals surface area contributed by atoms with Crippen molar-refractivity contribution in [3.63, 3.8) is 0 Å². The molecular formula is C27H33N3O. The molecule has 0 saturated carbocycles. The predicted octanol–water partition coefficient (Wildman–Crippen LogP) is 6.14. The number of rotatable bonds is 8. The van der Waals surface area contributed by atoms with Gasteiger partial charge in [-0.3, -0.25) is 4.68 Å². The zero-order valence-electron chi connectivity index (χ0n) is 19.1. The molecule has 0 fully saturated rings. The lowest BCUT2D eigenvalue weighted by molar-refractivity contribution is 0.297. The molecule has 0 spiro atoms. The number of hydrogen-bond acceptors (Lipinski definition) is 3. The van der Waals surface area contributed by atoms with Crippen LogP contribution in [0, 0.1) is 5.92 Å². The van der Waals surface area contributed by atoms with Crippen LogP contribution < -0.4 is 10.5 Å². The van der Waals surface area contributed by atoms with E-state index in [1.807, 2.05) is 24.7 Å². The largest absolute Gasteiger partial charge is 0.494 e. The molecule has 162 valence electrons. The summed E-state index contributed by atoms with van der Waals surface area (Å²) in [5.41, 5.74) is 13.7. The highest BCUT2D eigenvalue weighted by Crippen LogP contribution is 2.45. The summed E-state index contributed by atoms with van der Waals surface area (Å²) in [5, 5.41) is 4.63. The van der Waals surface area contributed by atoms with E-state index in [1.54, 1.807) is 0 Å². The van der Waals surface area contributed by atoms with Crippen LogP contribution in [0.4, 0.5) is 0 Å². The number of benzene rings is 2. The molecule has 1 aliphatic carbocycles. The fourth-order valence-electron chi connectivity index (χ4n) is 4.16. The standard InChI is InChI=1S/C27H33N3O/c1-18(2)9-8-12-31-23-14-21-13-20-10-6-7-11-24(20)26(21)25(15-23)22-16-29-30(17-22)27(4,5)19(3)28/h6-7,10-11,14-18H,3,8-9,12-13,28H2,1-2,4-5H3. The number of nitrogens with two attached hydrogens (primary N) is 1. The highest BCUT2D eigenvalue weighted by Gasteiger charge is 2.26. The fraction of sp³-hybridized carbons (Fsp3) is 0.370. The van der Waals surface area contributed by atoms with Crippen LogP contribution in [0.3, 0.4) is 0 Å². The summed E-state index contributed by atoms with van der Waals surface area (Å²) in [5.74, 6) is 1.63. The van der Waals surface area contributed by atoms with E-state index in [-0.39, 0.29) is 0 Å². The van der Waals surface area contributed by atoms with Gasteiger partial charge in [0, 0.05) is 17.5 Å². The molecule has 0 atom stereocenters. The van der Waals surface area contributed by atoms with Crippen LogP contribution in [-0.2, 0) is 12.0 Å². The quantitative estimate of drug-likeness (QED) is 0.351. The first-order chi connectivity index (χ1) is 14.8. The molecule has 0 saturated heterocycles. The van der Waals surface area contributed by atoms with Gasteiger partial charge in [-0.2, -0.15) is 5.10 Å². The second-order valence-corrected chi connectivity index (χ2v) is 9.48. The molecule has 0 amide bonds. The van der Waals surface area contributed by atoms with Gasteiger partial charge in [-0.05, 0) is 79.0 Å². The van der Waals surface area contributed by atoms with Crippen molar-refractivity contribution in [2.24, 2.45) is 11.7 Å². The molecule has 4 heteroatoms. The second kappa shape index (κ2) is 8.26. The molecule has 3 aromatic rings. The Bertz CT molecular complexity index is 1110. The second-order valence-electron chi connectivity index (χ2n) is 9.48. The van der Waals surface area contributed by atoms with E-state index in [0.29, 0.717) is 11.6 Å². The summed E-state index contributed by atoms with van der Waals surface area (Å²) >= 11 is 0. The average molecular weight is 416 g/mol. The summed E-state index contributed by atoms with van der Waals surface area (Å²) in [6.45, 7) is 13.2. The Morgan fingerprint density at radius 2 is 1.97 bits per heavy atom. The highest BCUT2D eigenvalue weighted by molar-refractivity contribution is 5.91. The summed E-state index contributed by atoms with van der Waals surface area (Å²) in [4.78, 5) is 0. The van der Waals surface area contributed by atoms with Crippen molar-refractivity contribution in [2.75, 3.05) is 6.61 Å². The number of nitrogens with zero attached hydrogens (tertiary/aromatic N) is 2. The van der Waals surface area contributed by atoms with Gasteiger partial charge in [0.25, 0.3) is 0 Å². The lowest BCUT2D eigenvalue weighted by Gasteiger charge is -2.25. The maximum atomic E-state index is 6.19. The van der Waals surface area contributed by atoms with Gasteiger partial charge in [-0.25, -0.2) is 0 Å². The Balaban J connectivity index is 1.74. The molecule has 0 bridgehead atoms. The SMILES string of the molecule is C=C(N)C(C)(C)n1cc(-c2cc(OCCCC(C)C)cc3c2-c2ccccc2C3)cn1. The van der Waals surface area contributed by atoms with Gasteiger partial charge in [0.2, 0.25) is 0 Å². The van der Waals surface area contributed by atoms with E-state index >= 15 is 0 Å². The zero-order valence-corrected chi connectivity index (χ0v) is 19.1. The van der Waals surface area contributed by atoms with Crippen molar-refractivity contribution in [3.8, 4) is 28.0 Å². The number of ether oxygens (including phenoxy) is 1. The Kier molecular flexibility index (Phi) is 5.65. The molecule has 0 radical (unpaired) electrons. The van der Waals surface area contributed by atoms with Gasteiger partial charge in [0.15, 0.2) is 0 Å². The molecule has 0 unspecified atom stereocenters. The average Bonchev–Trinajstić information content (AvgIpc) is 3.35. The number of hydrogen-bond donors (Lipinski definition) is 1. The maximum Gasteiger partial charge on any atom is 0.120 e. The van der Waals surface area contributed by atoms with E-state index in [0.717, 1.165) is 36.3 Å². The van der Waals surface area contributed by atoms with Crippen molar-refractivity contribution in [2.45, 2.75) is 52.5 Å². The fourth-order valence-corrected chi connectivity index (χ4v) is 4.16. The van der Waals surface area contributed by atoms with Gasteiger partial charge < -0.3 is 10.5 Å². The van der Waals surface area contributed by atoms with E-state index in [2.05, 4.69) is 68.1 Å². The first kappa shape index (κ1) is 21.2. The van der Waals surface area contributed by atoms with Crippen LogP contribution in [0.15, 0.2) is 61.1 Å². The minimum Gasteiger partial charge on any atom is -0.494 e. The van der Waals surface area contributed by atoms with Crippen molar-refractivity contribution >= 4 is 0 Å². The zero-order chi connectivity index (χ0) is 22.2. The molecule has 0 aliphatic heterocycles. The third kappa shape index (κ3) is 4.12. The predicted molar refractivity (Wildman–Crippen MR) is 128 cm³/mol. The lowest BCUT2D eigenvalue weighted by atomic mass is 9.95. The minimum atomic E-state index is -0.454. The molecule has 2 aromatic carbocycles. The summed E-state index contributed by atoms with van der Waals surface area (Å²) < 4.78 is 8.09. The van der Waals surface area contributed by atoms with Crippen LogP contribution in [0.5, 0.6) is 5.75 Å². The Morgan fingerprint density at radius 3 is 2.71 bits per heavy atom. The monoisotopic (exact) mass is 415 g/mol. The first-order valence-electron chi connectivity index (χ1n) is 11.2. The van der Waals surface area contributed by atoms with Gasteiger partial charge in [-0.15, -0.1) is 0 Å². The molecule has 1 heterocycles. The minimum absolute atomic E-state index is 0.454. The van der Waals surface area contributed by atoms with Gasteiger partial charge in [0.05, 0.1) is 18.3 Å². The highest BCUT2D eigenvalue weighted by atomic mass is 16.5. The molecule has 1 aliphatic rings. The van der Waals surface area contributed by atoms with Crippen molar-refractivity contribution in [1.29, 1.82) is 0 Å². The lowest BCUT2D eigenvalue weighted by Crippen LogP contribution is -2.32. The number of fused-ring (bicyclic) bond motifs is 3. The van der Waals surface area contributed by atoms with E-state index in [1.165, 1.54) is 28.7 Å². The molecule has 4 nitrogen and oxygen atoms in total. The topological polar surface area (TPSA) is 53.1 Å². The molecule has 4 rings (SSSR count). The van der Waals surface area contributed by atoms with Crippen LogP contribution in [-0.4, -0.2) is 16.4 Å². The van der Waals surface area contributed by atoms with E-state index in [9.17, 15) is 0 Å². The molecule has 31 heavy (non-hydrogen) atoms. The Labute approximate surface area is 185 Å². The normalized spacial score (nSPS) is 12.7. The number of allylic oxidation sites excluding steroid dienone is 1. The summed E-state index contributed by atoms with van der Waals surface area (Å²) in [6.07, 6.45) is 7.16. The van der Waals surface area contributed by atoms with Crippen molar-refractivity contribution < 1.29 is 4.74 Å². The third-order valence-corrected chi connectivity index (χ3v) is 6.31. The van der Waals surface area contributed by atoms with Gasteiger partial charge in [-0.1, -0.05) is 44.7 Å². The van der Waals surface area contributed by atoms with E-state index < -0.39 is 5.54 Å². The van der Waals surface area contributed by atoms with Crippen molar-refractivity contribution in [3.05, 3.63) is 72.2 Å². The third-order valence-electron chi connectivity index (χ3n) is 6.31. The molecule has 2 N–H and O–H groups in total.